The topological polar surface area (TPSA) is 18.5 Å². The molecule has 0 saturated heterocycles. The smallest absolute Gasteiger partial charge is 0.373 e. The van der Waals surface area contributed by atoms with Crippen LogP contribution in [0.3, 0.4) is 0 Å². The number of hydrogen-bond donors (Lipinski definition) is 0. The third kappa shape index (κ3) is 7.41. The summed E-state index contributed by atoms with van der Waals surface area (Å²) >= 11 is 0. The van der Waals surface area contributed by atoms with Crippen molar-refractivity contribution >= 4 is 18.9 Å². The van der Waals surface area contributed by atoms with Crippen LogP contribution in [0, 0.1) is 24.7 Å². The molecule has 0 aromatic heterocycles. The van der Waals surface area contributed by atoms with Crippen molar-refractivity contribution in [2.75, 3.05) is 0 Å². The van der Waals surface area contributed by atoms with E-state index in [-0.39, 0.29) is 12.2 Å². The number of hydrogen-bond acceptors (Lipinski definition) is 2. The summed E-state index contributed by atoms with van der Waals surface area (Å²) in [5.74, 6) is 5.76. The van der Waals surface area contributed by atoms with Gasteiger partial charge in [-0.2, -0.15) is 0 Å². The van der Waals surface area contributed by atoms with Crippen LogP contribution in [-0.2, 0) is 8.85 Å². The first-order valence-corrected chi connectivity index (χ1v) is 13.4. The molecule has 0 spiro atoms. The molecule has 2 aromatic rings. The predicted octanol–water partition coefficient (Wildman–Crippen LogP) is 5.44. The minimum absolute atomic E-state index is 0.312. The third-order valence-corrected chi connectivity index (χ3v) is 8.86. The maximum Gasteiger partial charge on any atom is 0.409 e. The highest BCUT2D eigenvalue weighted by Gasteiger charge is 2.46. The third-order valence-electron chi connectivity index (χ3n) is 5.44. The maximum atomic E-state index is 6.83. The molecule has 2 atom stereocenters. The highest BCUT2D eigenvalue weighted by Crippen LogP contribution is 2.20. The summed E-state index contributed by atoms with van der Waals surface area (Å²) in [6, 6.07) is 20.4. The zero-order valence-electron chi connectivity index (χ0n) is 19.1. The van der Waals surface area contributed by atoms with E-state index in [0.29, 0.717) is 0 Å². The molecule has 2 aromatic carbocycles. The quantitative estimate of drug-likeness (QED) is 0.225. The highest BCUT2D eigenvalue weighted by molar-refractivity contribution is 6.92. The Bertz CT molecular complexity index is 748. The molecule has 0 aliphatic carbocycles. The van der Waals surface area contributed by atoms with Crippen LogP contribution in [0.5, 0.6) is 0 Å². The molecule has 2 nitrogen and oxygen atoms in total. The molecule has 0 amide bonds. The highest BCUT2D eigenvalue weighted by atomic mass is 28.4. The van der Waals surface area contributed by atoms with Gasteiger partial charge in [-0.1, -0.05) is 112 Å². The fourth-order valence-corrected chi connectivity index (χ4v) is 7.06. The second kappa shape index (κ2) is 13.9. The van der Waals surface area contributed by atoms with Crippen LogP contribution in [0.15, 0.2) is 60.7 Å². The van der Waals surface area contributed by atoms with Crippen molar-refractivity contribution in [3.8, 4) is 24.7 Å². The summed E-state index contributed by atoms with van der Waals surface area (Å²) in [5, 5.41) is 2.07. The van der Waals surface area contributed by atoms with Crippen LogP contribution < -0.4 is 10.4 Å². The van der Waals surface area contributed by atoms with Gasteiger partial charge in [0.2, 0.25) is 0 Å². The molecular formula is C28H36O2Si. The lowest BCUT2D eigenvalue weighted by Crippen LogP contribution is -2.65. The van der Waals surface area contributed by atoms with Gasteiger partial charge in [-0.3, -0.25) is 0 Å². The summed E-state index contributed by atoms with van der Waals surface area (Å²) in [4.78, 5) is 0. The first-order valence-electron chi connectivity index (χ1n) is 11.6. The monoisotopic (exact) mass is 432 g/mol. The summed E-state index contributed by atoms with van der Waals surface area (Å²) in [6.45, 7) is 4.38. The van der Waals surface area contributed by atoms with Crippen LogP contribution in [0.4, 0.5) is 0 Å². The van der Waals surface area contributed by atoms with Crippen LogP contribution in [0.1, 0.15) is 65.2 Å². The van der Waals surface area contributed by atoms with Gasteiger partial charge in [0.05, 0.1) is 0 Å². The molecule has 0 aliphatic rings. The Morgan fingerprint density at radius 3 is 1.39 bits per heavy atom. The van der Waals surface area contributed by atoms with E-state index in [2.05, 4.69) is 50.0 Å². The molecule has 31 heavy (non-hydrogen) atoms. The van der Waals surface area contributed by atoms with Crippen molar-refractivity contribution in [1.82, 2.24) is 0 Å². The molecule has 0 saturated carbocycles. The van der Waals surface area contributed by atoms with Crippen molar-refractivity contribution in [2.45, 2.75) is 77.4 Å². The number of rotatable bonds is 14. The lowest BCUT2D eigenvalue weighted by Gasteiger charge is -2.35. The van der Waals surface area contributed by atoms with E-state index in [0.717, 1.165) is 61.7 Å². The fraction of sp³-hybridized carbons (Fsp3) is 0.429. The Balaban J connectivity index is 2.48. The lowest BCUT2D eigenvalue weighted by atomic mass is 10.1. The van der Waals surface area contributed by atoms with Crippen LogP contribution in [0.2, 0.25) is 0 Å². The first-order chi connectivity index (χ1) is 15.2. The average Bonchev–Trinajstić information content (AvgIpc) is 2.83. The van der Waals surface area contributed by atoms with E-state index in [4.69, 9.17) is 21.7 Å². The molecule has 0 unspecified atom stereocenters. The zero-order chi connectivity index (χ0) is 22.4. The summed E-state index contributed by atoms with van der Waals surface area (Å²) in [7, 11) is -3.12. The number of terminal acetylenes is 2. The Morgan fingerprint density at radius 1 is 0.677 bits per heavy atom. The number of unbranched alkanes of at least 4 members (excludes halogenated alkanes) is 4. The Labute approximate surface area is 190 Å². The minimum atomic E-state index is -3.12. The Morgan fingerprint density at radius 2 is 1.06 bits per heavy atom. The molecular weight excluding hydrogens is 396 g/mol. The normalized spacial score (nSPS) is 13.2. The molecule has 0 heterocycles. The van der Waals surface area contributed by atoms with Gasteiger partial charge in [0, 0.05) is 0 Å². The minimum Gasteiger partial charge on any atom is -0.373 e. The lowest BCUT2D eigenvalue weighted by molar-refractivity contribution is 0.130. The molecule has 0 N–H and O–H groups in total. The van der Waals surface area contributed by atoms with Gasteiger partial charge >= 0.3 is 8.56 Å². The van der Waals surface area contributed by atoms with Crippen molar-refractivity contribution in [1.29, 1.82) is 0 Å². The SMILES string of the molecule is C#C[C@H](CCCCC)O[Si](O[C@H](C#C)CCCCC)(c1ccccc1)c1ccccc1. The number of benzene rings is 2. The summed E-state index contributed by atoms with van der Waals surface area (Å²) < 4.78 is 13.7. The van der Waals surface area contributed by atoms with Crippen molar-refractivity contribution in [3.63, 3.8) is 0 Å². The van der Waals surface area contributed by atoms with E-state index < -0.39 is 8.56 Å². The van der Waals surface area contributed by atoms with Gasteiger partial charge in [-0.25, -0.2) is 0 Å². The molecule has 0 aliphatic heterocycles. The van der Waals surface area contributed by atoms with Crippen LogP contribution in [0.25, 0.3) is 0 Å². The average molecular weight is 433 g/mol. The van der Waals surface area contributed by atoms with Crippen molar-refractivity contribution in [3.05, 3.63) is 60.7 Å². The van der Waals surface area contributed by atoms with E-state index in [9.17, 15) is 0 Å². The molecule has 0 bridgehead atoms. The Hall–Kier alpha value is -2.30. The maximum absolute atomic E-state index is 6.83. The second-order valence-corrected chi connectivity index (χ2v) is 10.7. The summed E-state index contributed by atoms with van der Waals surface area (Å²) in [6.07, 6.45) is 19.5. The molecule has 0 radical (unpaired) electrons. The van der Waals surface area contributed by atoms with Crippen molar-refractivity contribution in [2.24, 2.45) is 0 Å². The van der Waals surface area contributed by atoms with E-state index in [1.807, 2.05) is 36.4 Å². The van der Waals surface area contributed by atoms with Crippen LogP contribution >= 0.6 is 0 Å². The predicted molar refractivity (Wildman–Crippen MR) is 134 cm³/mol. The van der Waals surface area contributed by atoms with Gasteiger partial charge in [0.1, 0.15) is 12.2 Å². The van der Waals surface area contributed by atoms with Gasteiger partial charge in [0.15, 0.2) is 0 Å². The molecule has 164 valence electrons. The van der Waals surface area contributed by atoms with Crippen molar-refractivity contribution < 1.29 is 8.85 Å². The van der Waals surface area contributed by atoms with E-state index in [1.54, 1.807) is 0 Å². The molecule has 2 rings (SSSR count). The molecule has 3 heteroatoms. The van der Waals surface area contributed by atoms with E-state index in [1.165, 1.54) is 0 Å². The zero-order valence-corrected chi connectivity index (χ0v) is 20.1. The van der Waals surface area contributed by atoms with E-state index >= 15 is 0 Å². The second-order valence-electron chi connectivity index (χ2n) is 7.89. The largest absolute Gasteiger partial charge is 0.409 e. The molecule has 0 fully saturated rings. The van der Waals surface area contributed by atoms with Gasteiger partial charge in [-0.05, 0) is 36.1 Å². The Kier molecular flexibility index (Phi) is 11.2. The van der Waals surface area contributed by atoms with Gasteiger partial charge < -0.3 is 8.85 Å². The summed E-state index contributed by atoms with van der Waals surface area (Å²) in [5.41, 5.74) is 0. The van der Waals surface area contributed by atoms with Gasteiger partial charge in [0.25, 0.3) is 0 Å². The standard InChI is InChI=1S/C28H36O2Si/c1-5-9-13-19-25(7-3)29-31(27-21-15-11-16-22-27,28-23-17-12-18-24-28)30-26(8-4)20-14-10-6-2/h3-4,11-12,15-18,21-26H,5-6,9-10,13-14,19-20H2,1-2H3/t25-,26-/m1/s1. The van der Waals surface area contributed by atoms with Gasteiger partial charge in [-0.15, -0.1) is 12.8 Å². The fourth-order valence-electron chi connectivity index (χ4n) is 3.69. The van der Waals surface area contributed by atoms with Crippen LogP contribution in [-0.4, -0.2) is 20.8 Å². The first kappa shape index (κ1) is 25.0.